The maximum Gasteiger partial charge on any atom is 0.308 e. The third-order valence-electron chi connectivity index (χ3n) is 2.98. The maximum atomic E-state index is 12.0. The largest absolute Gasteiger partial charge is 0.481 e. The Hall–Kier alpha value is -1.49. The van der Waals surface area contributed by atoms with Gasteiger partial charge in [-0.05, 0) is 19.1 Å². The van der Waals surface area contributed by atoms with Gasteiger partial charge in [0, 0.05) is 30.2 Å². The first-order valence-electron chi connectivity index (χ1n) is 6.73. The fourth-order valence-electron chi connectivity index (χ4n) is 1.75. The number of rotatable bonds is 8. The highest BCUT2D eigenvalue weighted by Crippen LogP contribution is 2.18. The molecule has 0 aliphatic carbocycles. The Morgan fingerprint density at radius 2 is 1.95 bits per heavy atom. The molecule has 0 saturated carbocycles. The van der Waals surface area contributed by atoms with Gasteiger partial charge in [0.1, 0.15) is 0 Å². The van der Waals surface area contributed by atoms with Gasteiger partial charge in [0.25, 0.3) is 0 Å². The quantitative estimate of drug-likeness (QED) is 0.749. The summed E-state index contributed by atoms with van der Waals surface area (Å²) in [7, 11) is 0. The van der Waals surface area contributed by atoms with Crippen molar-refractivity contribution in [2.24, 2.45) is 5.92 Å². The Bertz CT molecular complexity index is 436. The lowest BCUT2D eigenvalue weighted by Crippen LogP contribution is -2.36. The van der Waals surface area contributed by atoms with E-state index >= 15 is 0 Å². The summed E-state index contributed by atoms with van der Waals surface area (Å²) in [5, 5.41) is 8.89. The second-order valence-corrected chi connectivity index (χ2v) is 5.75. The minimum atomic E-state index is -0.866. The van der Waals surface area contributed by atoms with Gasteiger partial charge in [-0.25, -0.2) is 0 Å². The van der Waals surface area contributed by atoms with Crippen molar-refractivity contribution in [1.82, 2.24) is 4.90 Å². The topological polar surface area (TPSA) is 57.6 Å². The lowest BCUT2D eigenvalue weighted by atomic mass is 10.1. The van der Waals surface area contributed by atoms with Crippen molar-refractivity contribution in [3.05, 3.63) is 30.3 Å². The summed E-state index contributed by atoms with van der Waals surface area (Å²) < 4.78 is 0. The fraction of sp³-hybridized carbons (Fsp3) is 0.467. The van der Waals surface area contributed by atoms with Gasteiger partial charge in [0.15, 0.2) is 0 Å². The van der Waals surface area contributed by atoms with E-state index in [1.807, 2.05) is 37.3 Å². The molecule has 0 aromatic heterocycles. The van der Waals surface area contributed by atoms with E-state index in [4.69, 9.17) is 5.11 Å². The Balaban J connectivity index is 2.38. The van der Waals surface area contributed by atoms with E-state index in [-0.39, 0.29) is 12.5 Å². The molecule has 1 amide bonds. The number of nitrogens with zero attached hydrogens (tertiary/aromatic N) is 1. The molecule has 4 nitrogen and oxygen atoms in total. The predicted octanol–water partition coefficient (Wildman–Crippen LogP) is 2.74. The molecule has 1 aromatic carbocycles. The van der Waals surface area contributed by atoms with E-state index in [1.54, 1.807) is 23.6 Å². The normalized spacial score (nSPS) is 11.9. The second-order valence-electron chi connectivity index (χ2n) is 4.58. The number of hydrogen-bond acceptors (Lipinski definition) is 3. The van der Waals surface area contributed by atoms with Crippen molar-refractivity contribution in [1.29, 1.82) is 0 Å². The highest BCUT2D eigenvalue weighted by Gasteiger charge is 2.18. The van der Waals surface area contributed by atoms with E-state index in [1.165, 1.54) is 0 Å². The molecule has 1 unspecified atom stereocenters. The van der Waals surface area contributed by atoms with Crippen LogP contribution in [0.3, 0.4) is 0 Å². The number of thioether (sulfide) groups is 1. The molecule has 1 atom stereocenters. The smallest absolute Gasteiger partial charge is 0.308 e. The lowest BCUT2D eigenvalue weighted by molar-refractivity contribution is -0.143. The monoisotopic (exact) mass is 295 g/mol. The number of aliphatic carboxylic acids is 1. The van der Waals surface area contributed by atoms with E-state index in [2.05, 4.69) is 0 Å². The van der Waals surface area contributed by atoms with Gasteiger partial charge in [-0.2, -0.15) is 0 Å². The highest BCUT2D eigenvalue weighted by molar-refractivity contribution is 7.99. The highest BCUT2D eigenvalue weighted by atomic mass is 32.2. The fourth-order valence-corrected chi connectivity index (χ4v) is 2.61. The first kappa shape index (κ1) is 16.6. The van der Waals surface area contributed by atoms with Gasteiger partial charge < -0.3 is 10.0 Å². The van der Waals surface area contributed by atoms with Gasteiger partial charge >= 0.3 is 5.97 Å². The van der Waals surface area contributed by atoms with Crippen LogP contribution in [-0.2, 0) is 9.59 Å². The van der Waals surface area contributed by atoms with E-state index in [0.29, 0.717) is 18.7 Å². The van der Waals surface area contributed by atoms with Gasteiger partial charge in [0.05, 0.1) is 5.92 Å². The molecule has 0 heterocycles. The summed E-state index contributed by atoms with van der Waals surface area (Å²) in [4.78, 5) is 25.6. The number of carbonyl (C=O) groups excluding carboxylic acids is 1. The zero-order valence-electron chi connectivity index (χ0n) is 11.9. The molecule has 0 fully saturated rings. The number of carboxylic acid groups (broad SMARTS) is 1. The Morgan fingerprint density at radius 3 is 2.50 bits per heavy atom. The lowest BCUT2D eigenvalue weighted by Gasteiger charge is -2.22. The molecule has 0 bridgehead atoms. The molecular formula is C15H21NO3S. The number of carboxylic acids is 1. The molecular weight excluding hydrogens is 274 g/mol. The second kappa shape index (κ2) is 8.64. The molecule has 0 aliphatic heterocycles. The average molecular weight is 295 g/mol. The molecule has 5 heteroatoms. The molecule has 0 spiro atoms. The Labute approximate surface area is 124 Å². The van der Waals surface area contributed by atoms with Crippen molar-refractivity contribution in [2.75, 3.05) is 18.8 Å². The van der Waals surface area contributed by atoms with Crippen molar-refractivity contribution < 1.29 is 14.7 Å². The van der Waals surface area contributed by atoms with Crippen LogP contribution in [0.4, 0.5) is 0 Å². The molecule has 1 N–H and O–H groups in total. The number of benzene rings is 1. The van der Waals surface area contributed by atoms with Crippen molar-refractivity contribution in [3.63, 3.8) is 0 Å². The van der Waals surface area contributed by atoms with E-state index in [0.717, 1.165) is 4.90 Å². The Kier molecular flexibility index (Phi) is 7.15. The summed E-state index contributed by atoms with van der Waals surface area (Å²) in [5.41, 5.74) is 0. The van der Waals surface area contributed by atoms with Crippen LogP contribution in [0.2, 0.25) is 0 Å². The zero-order chi connectivity index (χ0) is 15.0. The molecule has 0 saturated heterocycles. The number of carbonyl (C=O) groups is 2. The predicted molar refractivity (Wildman–Crippen MR) is 80.8 cm³/mol. The van der Waals surface area contributed by atoms with Crippen LogP contribution in [0.25, 0.3) is 0 Å². The van der Waals surface area contributed by atoms with Gasteiger partial charge in [-0.3, -0.25) is 9.59 Å². The van der Waals surface area contributed by atoms with Crippen LogP contribution in [0.1, 0.15) is 20.3 Å². The summed E-state index contributed by atoms with van der Waals surface area (Å²) in [6.07, 6.45) is 0.430. The third-order valence-corrected chi connectivity index (χ3v) is 3.99. The molecule has 110 valence electrons. The first-order chi connectivity index (χ1) is 9.54. The zero-order valence-corrected chi connectivity index (χ0v) is 12.7. The maximum absolute atomic E-state index is 12.0. The van der Waals surface area contributed by atoms with Gasteiger partial charge in [0.2, 0.25) is 5.91 Å². The summed E-state index contributed by atoms with van der Waals surface area (Å²) in [6.45, 7) is 4.32. The minimum Gasteiger partial charge on any atom is -0.481 e. The number of hydrogen-bond donors (Lipinski definition) is 1. The van der Waals surface area contributed by atoms with Crippen LogP contribution < -0.4 is 0 Å². The van der Waals surface area contributed by atoms with Gasteiger partial charge in [-0.15, -0.1) is 11.8 Å². The van der Waals surface area contributed by atoms with Crippen molar-refractivity contribution in [2.45, 2.75) is 25.2 Å². The standard InChI is InChI=1S/C15H21NO3S/c1-3-16(11-12(2)15(18)19)14(17)9-10-20-13-7-5-4-6-8-13/h4-8,12H,3,9-11H2,1-2H3,(H,18,19). The molecule has 0 radical (unpaired) electrons. The molecule has 1 rings (SSSR count). The van der Waals surface area contributed by atoms with Crippen LogP contribution in [0, 0.1) is 5.92 Å². The van der Waals surface area contributed by atoms with Crippen molar-refractivity contribution in [3.8, 4) is 0 Å². The minimum absolute atomic E-state index is 0.0176. The van der Waals surface area contributed by atoms with Crippen LogP contribution in [-0.4, -0.2) is 40.7 Å². The Morgan fingerprint density at radius 1 is 1.30 bits per heavy atom. The molecule has 1 aromatic rings. The molecule has 20 heavy (non-hydrogen) atoms. The van der Waals surface area contributed by atoms with Crippen LogP contribution >= 0.6 is 11.8 Å². The summed E-state index contributed by atoms with van der Waals surface area (Å²) >= 11 is 1.64. The van der Waals surface area contributed by atoms with E-state index < -0.39 is 11.9 Å². The van der Waals surface area contributed by atoms with E-state index in [9.17, 15) is 9.59 Å². The molecule has 0 aliphatic rings. The average Bonchev–Trinajstić information content (AvgIpc) is 2.45. The SMILES string of the molecule is CCN(CC(C)C(=O)O)C(=O)CCSc1ccccc1. The third kappa shape index (κ3) is 5.65. The van der Waals surface area contributed by atoms with Gasteiger partial charge in [-0.1, -0.05) is 25.1 Å². The first-order valence-corrected chi connectivity index (χ1v) is 7.71. The number of amides is 1. The van der Waals surface area contributed by atoms with Crippen LogP contribution in [0.5, 0.6) is 0 Å². The van der Waals surface area contributed by atoms with Crippen molar-refractivity contribution >= 4 is 23.6 Å². The summed E-state index contributed by atoms with van der Waals surface area (Å²) in [5.74, 6) is -0.666. The summed E-state index contributed by atoms with van der Waals surface area (Å²) in [6, 6.07) is 9.92. The van der Waals surface area contributed by atoms with Crippen LogP contribution in [0.15, 0.2) is 35.2 Å².